The summed E-state index contributed by atoms with van der Waals surface area (Å²) in [6, 6.07) is 5.34. The van der Waals surface area contributed by atoms with Gasteiger partial charge in [0.2, 0.25) is 0 Å². The standard InChI is InChI=1S/C9H4ClN3S/c10-8-6(5-11)1-2-7(13-8)9-12-3-4-14-9/h1-4H. The van der Waals surface area contributed by atoms with Crippen LogP contribution in [-0.4, -0.2) is 9.97 Å². The highest BCUT2D eigenvalue weighted by molar-refractivity contribution is 7.13. The molecule has 0 N–H and O–H groups in total. The van der Waals surface area contributed by atoms with Crippen molar-refractivity contribution >= 4 is 22.9 Å². The van der Waals surface area contributed by atoms with Crippen LogP contribution >= 0.6 is 22.9 Å². The fraction of sp³-hybridized carbons (Fsp3) is 0. The molecular weight excluding hydrogens is 218 g/mol. The lowest BCUT2D eigenvalue weighted by Gasteiger charge is -1.97. The maximum absolute atomic E-state index is 8.65. The van der Waals surface area contributed by atoms with E-state index in [4.69, 9.17) is 16.9 Å². The molecule has 2 heterocycles. The number of halogens is 1. The third-order valence-corrected chi connectivity index (χ3v) is 2.70. The molecule has 5 heteroatoms. The topological polar surface area (TPSA) is 49.6 Å². The lowest BCUT2D eigenvalue weighted by molar-refractivity contribution is 1.27. The molecule has 2 aromatic heterocycles. The average molecular weight is 222 g/mol. The third-order valence-electron chi connectivity index (χ3n) is 1.62. The molecule has 2 rings (SSSR count). The number of hydrogen-bond donors (Lipinski definition) is 0. The van der Waals surface area contributed by atoms with Crippen molar-refractivity contribution in [3.8, 4) is 16.8 Å². The minimum atomic E-state index is 0.222. The SMILES string of the molecule is N#Cc1ccc(-c2nccs2)nc1Cl. The van der Waals surface area contributed by atoms with Gasteiger partial charge in [-0.2, -0.15) is 5.26 Å². The molecule has 0 fully saturated rings. The number of thiazole rings is 1. The Bertz CT molecular complexity index is 487. The van der Waals surface area contributed by atoms with Gasteiger partial charge in [-0.15, -0.1) is 11.3 Å². The van der Waals surface area contributed by atoms with E-state index in [1.165, 1.54) is 11.3 Å². The van der Waals surface area contributed by atoms with Crippen molar-refractivity contribution < 1.29 is 0 Å². The van der Waals surface area contributed by atoms with Crippen molar-refractivity contribution in [3.05, 3.63) is 34.4 Å². The van der Waals surface area contributed by atoms with E-state index in [0.29, 0.717) is 11.3 Å². The Kier molecular flexibility index (Phi) is 2.44. The molecule has 0 unspecified atom stereocenters. The monoisotopic (exact) mass is 221 g/mol. The van der Waals surface area contributed by atoms with Gasteiger partial charge in [-0.3, -0.25) is 0 Å². The van der Waals surface area contributed by atoms with E-state index in [-0.39, 0.29) is 5.15 Å². The molecule has 2 aromatic rings. The predicted octanol–water partition coefficient (Wildman–Crippen LogP) is 2.73. The van der Waals surface area contributed by atoms with Crippen molar-refractivity contribution in [1.82, 2.24) is 9.97 Å². The molecule has 0 radical (unpaired) electrons. The zero-order valence-corrected chi connectivity index (χ0v) is 8.51. The first-order chi connectivity index (χ1) is 6.81. The summed E-state index contributed by atoms with van der Waals surface area (Å²) in [6.45, 7) is 0. The van der Waals surface area contributed by atoms with Gasteiger partial charge in [0, 0.05) is 11.6 Å². The molecule has 0 saturated heterocycles. The highest BCUT2D eigenvalue weighted by atomic mass is 35.5. The highest BCUT2D eigenvalue weighted by Crippen LogP contribution is 2.22. The van der Waals surface area contributed by atoms with Gasteiger partial charge in [-0.25, -0.2) is 9.97 Å². The van der Waals surface area contributed by atoms with Crippen LogP contribution in [0, 0.1) is 11.3 Å². The Morgan fingerprint density at radius 2 is 2.29 bits per heavy atom. The van der Waals surface area contributed by atoms with Crippen LogP contribution in [0.4, 0.5) is 0 Å². The number of nitriles is 1. The van der Waals surface area contributed by atoms with E-state index < -0.39 is 0 Å². The number of pyridine rings is 1. The summed E-state index contributed by atoms with van der Waals surface area (Å²) >= 11 is 7.27. The molecule has 3 nitrogen and oxygen atoms in total. The molecule has 0 bridgehead atoms. The average Bonchev–Trinajstić information content (AvgIpc) is 2.70. The lowest BCUT2D eigenvalue weighted by atomic mass is 10.3. The van der Waals surface area contributed by atoms with Gasteiger partial charge in [0.1, 0.15) is 21.9 Å². The molecule has 0 spiro atoms. The lowest BCUT2D eigenvalue weighted by Crippen LogP contribution is -1.86. The normalized spacial score (nSPS) is 9.71. The minimum Gasteiger partial charge on any atom is -0.243 e. The second-order valence-corrected chi connectivity index (χ2v) is 3.74. The summed E-state index contributed by atoms with van der Waals surface area (Å²) < 4.78 is 0. The van der Waals surface area contributed by atoms with Gasteiger partial charge in [-0.1, -0.05) is 11.6 Å². The molecular formula is C9H4ClN3S. The molecule has 14 heavy (non-hydrogen) atoms. The first-order valence-corrected chi connectivity index (χ1v) is 5.03. The van der Waals surface area contributed by atoms with Crippen molar-refractivity contribution in [2.45, 2.75) is 0 Å². The smallest absolute Gasteiger partial charge is 0.147 e. The van der Waals surface area contributed by atoms with Gasteiger partial charge in [-0.05, 0) is 12.1 Å². The molecule has 0 aliphatic rings. The molecule has 0 aliphatic carbocycles. The summed E-state index contributed by atoms with van der Waals surface area (Å²) in [7, 11) is 0. The zero-order chi connectivity index (χ0) is 9.97. The maximum atomic E-state index is 8.65. The summed E-state index contributed by atoms with van der Waals surface area (Å²) in [5.74, 6) is 0. The number of rotatable bonds is 1. The van der Waals surface area contributed by atoms with Crippen LogP contribution < -0.4 is 0 Å². The Morgan fingerprint density at radius 1 is 1.43 bits per heavy atom. The first kappa shape index (κ1) is 9.13. The fourth-order valence-electron chi connectivity index (χ4n) is 0.987. The Hall–Kier alpha value is -1.44. The highest BCUT2D eigenvalue weighted by Gasteiger charge is 2.06. The molecule has 0 atom stereocenters. The Labute approximate surface area is 89.6 Å². The summed E-state index contributed by atoms with van der Waals surface area (Å²) in [4.78, 5) is 8.17. The molecule has 0 aliphatic heterocycles. The third kappa shape index (κ3) is 1.60. The van der Waals surface area contributed by atoms with Crippen molar-refractivity contribution in [1.29, 1.82) is 5.26 Å². The number of nitrogens with zero attached hydrogens (tertiary/aromatic N) is 3. The van der Waals surface area contributed by atoms with Crippen molar-refractivity contribution in [2.24, 2.45) is 0 Å². The van der Waals surface area contributed by atoms with E-state index in [2.05, 4.69) is 9.97 Å². The van der Waals surface area contributed by atoms with Gasteiger partial charge >= 0.3 is 0 Å². The van der Waals surface area contributed by atoms with Crippen molar-refractivity contribution in [2.75, 3.05) is 0 Å². The van der Waals surface area contributed by atoms with Crippen LogP contribution in [0.15, 0.2) is 23.7 Å². The van der Waals surface area contributed by atoms with Crippen LogP contribution in [0.5, 0.6) is 0 Å². The second kappa shape index (κ2) is 3.74. The quantitative estimate of drug-likeness (QED) is 0.696. The number of hydrogen-bond acceptors (Lipinski definition) is 4. The number of aromatic nitrogens is 2. The summed E-state index contributed by atoms with van der Waals surface area (Å²) in [5, 5.41) is 11.5. The maximum Gasteiger partial charge on any atom is 0.147 e. The minimum absolute atomic E-state index is 0.222. The van der Waals surface area contributed by atoms with Crippen LogP contribution in [-0.2, 0) is 0 Å². The van der Waals surface area contributed by atoms with Gasteiger partial charge < -0.3 is 0 Å². The van der Waals surface area contributed by atoms with E-state index >= 15 is 0 Å². The van der Waals surface area contributed by atoms with Crippen LogP contribution in [0.2, 0.25) is 5.15 Å². The zero-order valence-electron chi connectivity index (χ0n) is 6.94. The summed E-state index contributed by atoms with van der Waals surface area (Å²) in [5.41, 5.74) is 1.08. The van der Waals surface area contributed by atoms with Gasteiger partial charge in [0.15, 0.2) is 0 Å². The van der Waals surface area contributed by atoms with Gasteiger partial charge in [0.25, 0.3) is 0 Å². The Morgan fingerprint density at radius 3 is 2.86 bits per heavy atom. The van der Waals surface area contributed by atoms with E-state index in [9.17, 15) is 0 Å². The van der Waals surface area contributed by atoms with E-state index in [1.54, 1.807) is 18.3 Å². The molecule has 0 amide bonds. The Balaban J connectivity index is 2.49. The second-order valence-electron chi connectivity index (χ2n) is 2.48. The fourth-order valence-corrected chi connectivity index (χ4v) is 1.79. The van der Waals surface area contributed by atoms with E-state index in [0.717, 1.165) is 5.01 Å². The van der Waals surface area contributed by atoms with Crippen LogP contribution in [0.1, 0.15) is 5.56 Å². The van der Waals surface area contributed by atoms with Crippen LogP contribution in [0.25, 0.3) is 10.7 Å². The van der Waals surface area contributed by atoms with Crippen LogP contribution in [0.3, 0.4) is 0 Å². The molecule has 0 saturated carbocycles. The largest absolute Gasteiger partial charge is 0.243 e. The molecule has 0 aromatic carbocycles. The summed E-state index contributed by atoms with van der Waals surface area (Å²) in [6.07, 6.45) is 1.70. The van der Waals surface area contributed by atoms with Gasteiger partial charge in [0.05, 0.1) is 5.56 Å². The first-order valence-electron chi connectivity index (χ1n) is 3.78. The van der Waals surface area contributed by atoms with E-state index in [1.807, 2.05) is 11.4 Å². The van der Waals surface area contributed by atoms with Crippen molar-refractivity contribution in [3.63, 3.8) is 0 Å². The molecule has 68 valence electrons. The predicted molar refractivity (Wildman–Crippen MR) is 55.1 cm³/mol.